The maximum absolute atomic E-state index is 14.6. The molecule has 31 heavy (non-hydrogen) atoms. The number of aryl methyl sites for hydroxylation is 3. The number of rotatable bonds is 6. The van der Waals surface area contributed by atoms with Crippen molar-refractivity contribution in [3.05, 3.63) is 99.7 Å². The zero-order valence-corrected chi connectivity index (χ0v) is 18.4. The molecule has 0 saturated carbocycles. The lowest BCUT2D eigenvalue weighted by molar-refractivity contribution is -0.113. The number of anilines is 1. The van der Waals surface area contributed by atoms with Gasteiger partial charge in [-0.1, -0.05) is 31.7 Å². The lowest BCUT2D eigenvalue weighted by Crippen LogP contribution is -2.24. The molecule has 3 aromatic rings. The molecule has 0 fully saturated rings. The molecule has 5 heteroatoms. The van der Waals surface area contributed by atoms with Crippen molar-refractivity contribution >= 4 is 11.6 Å². The van der Waals surface area contributed by atoms with Gasteiger partial charge in [-0.3, -0.25) is 9.59 Å². The number of nitrogens with zero attached hydrogens (tertiary/aromatic N) is 2. The van der Waals surface area contributed by atoms with E-state index in [0.29, 0.717) is 29.7 Å². The van der Waals surface area contributed by atoms with E-state index in [4.69, 9.17) is 0 Å². The van der Waals surface area contributed by atoms with Gasteiger partial charge >= 0.3 is 0 Å². The van der Waals surface area contributed by atoms with Crippen molar-refractivity contribution in [2.45, 2.75) is 26.7 Å². The third-order valence-corrected chi connectivity index (χ3v) is 5.52. The van der Waals surface area contributed by atoms with Gasteiger partial charge in [0.2, 0.25) is 5.91 Å². The monoisotopic (exact) mass is 418 g/mol. The van der Waals surface area contributed by atoms with Crippen LogP contribution < -0.4 is 10.5 Å². The maximum Gasteiger partial charge on any atom is 0.253 e. The number of carbonyl (C=O) groups is 1. The fraction of sp³-hybridized carbons (Fsp3) is 0.231. The molecule has 3 rings (SSSR count). The minimum Gasteiger partial charge on any atom is -0.318 e. The fourth-order valence-electron chi connectivity index (χ4n) is 3.64. The van der Waals surface area contributed by atoms with Crippen LogP contribution in [-0.4, -0.2) is 17.5 Å². The molecule has 2 aromatic carbocycles. The van der Waals surface area contributed by atoms with Crippen LogP contribution in [0.3, 0.4) is 0 Å². The minimum absolute atomic E-state index is 0.0347. The summed E-state index contributed by atoms with van der Waals surface area (Å²) in [6.07, 6.45) is 4.05. The highest BCUT2D eigenvalue weighted by molar-refractivity contribution is 6.01. The Morgan fingerprint density at radius 3 is 2.48 bits per heavy atom. The van der Waals surface area contributed by atoms with Crippen LogP contribution in [0, 0.1) is 12.7 Å². The number of hydrogen-bond donors (Lipinski definition) is 0. The van der Waals surface area contributed by atoms with Crippen LogP contribution in [0.1, 0.15) is 29.2 Å². The highest BCUT2D eigenvalue weighted by Crippen LogP contribution is 2.31. The second-order valence-electron chi connectivity index (χ2n) is 7.74. The zero-order valence-electron chi connectivity index (χ0n) is 18.4. The van der Waals surface area contributed by atoms with Crippen LogP contribution in [0.2, 0.25) is 0 Å². The van der Waals surface area contributed by atoms with E-state index in [-0.39, 0.29) is 17.3 Å². The molecule has 1 amide bonds. The smallest absolute Gasteiger partial charge is 0.253 e. The Labute approximate surface area is 182 Å². The molecule has 1 aromatic heterocycles. The molecule has 4 nitrogen and oxygen atoms in total. The van der Waals surface area contributed by atoms with Crippen molar-refractivity contribution in [3.63, 3.8) is 0 Å². The molecule has 0 saturated heterocycles. The highest BCUT2D eigenvalue weighted by Gasteiger charge is 2.15. The van der Waals surface area contributed by atoms with Gasteiger partial charge in [-0.2, -0.15) is 0 Å². The first-order valence-corrected chi connectivity index (χ1v) is 10.2. The molecule has 0 aliphatic rings. The molecule has 0 aliphatic heterocycles. The summed E-state index contributed by atoms with van der Waals surface area (Å²) in [5.74, 6) is -0.471. The summed E-state index contributed by atoms with van der Waals surface area (Å²) in [6, 6.07) is 12.8. The summed E-state index contributed by atoms with van der Waals surface area (Å²) in [4.78, 5) is 26.0. The Morgan fingerprint density at radius 2 is 1.84 bits per heavy atom. The number of benzene rings is 2. The van der Waals surface area contributed by atoms with Crippen LogP contribution in [0.25, 0.3) is 11.1 Å². The van der Waals surface area contributed by atoms with E-state index >= 15 is 0 Å². The number of halogens is 1. The minimum atomic E-state index is -0.247. The first kappa shape index (κ1) is 22.2. The second-order valence-corrected chi connectivity index (χ2v) is 7.74. The highest BCUT2D eigenvalue weighted by atomic mass is 19.1. The largest absolute Gasteiger partial charge is 0.318 e. The van der Waals surface area contributed by atoms with Crippen LogP contribution in [0.5, 0.6) is 0 Å². The maximum atomic E-state index is 14.6. The third kappa shape index (κ3) is 4.66. The van der Waals surface area contributed by atoms with E-state index in [1.807, 2.05) is 44.2 Å². The number of likely N-dealkylation sites (N-methyl/N-ethyl adjacent to an activating group) is 1. The van der Waals surface area contributed by atoms with Crippen LogP contribution >= 0.6 is 0 Å². The van der Waals surface area contributed by atoms with Crippen LogP contribution in [-0.2, 0) is 24.7 Å². The molecular formula is C26H27FN2O2. The summed E-state index contributed by atoms with van der Waals surface area (Å²) in [5.41, 5.74) is 5.43. The topological polar surface area (TPSA) is 42.3 Å². The van der Waals surface area contributed by atoms with Gasteiger partial charge in [0.05, 0.1) is 0 Å². The molecule has 0 aliphatic carbocycles. The lowest BCUT2D eigenvalue weighted by Gasteiger charge is -2.19. The van der Waals surface area contributed by atoms with Gasteiger partial charge in [0, 0.05) is 38.0 Å². The van der Waals surface area contributed by atoms with Gasteiger partial charge in [0.1, 0.15) is 5.82 Å². The Morgan fingerprint density at radius 1 is 1.13 bits per heavy atom. The average Bonchev–Trinajstić information content (AvgIpc) is 2.76. The predicted molar refractivity (Wildman–Crippen MR) is 124 cm³/mol. The van der Waals surface area contributed by atoms with Gasteiger partial charge in [-0.05, 0) is 71.5 Å². The van der Waals surface area contributed by atoms with Gasteiger partial charge in [-0.15, -0.1) is 0 Å². The summed E-state index contributed by atoms with van der Waals surface area (Å²) >= 11 is 0. The van der Waals surface area contributed by atoms with Gasteiger partial charge in [0.15, 0.2) is 0 Å². The Hall–Kier alpha value is -3.47. The van der Waals surface area contributed by atoms with E-state index in [2.05, 4.69) is 6.58 Å². The molecule has 0 spiro atoms. The number of pyridine rings is 1. The number of amides is 1. The third-order valence-electron chi connectivity index (χ3n) is 5.52. The Bertz CT molecular complexity index is 1210. The molecule has 160 valence electrons. The Kier molecular flexibility index (Phi) is 6.54. The molecule has 0 bridgehead atoms. The average molecular weight is 419 g/mol. The van der Waals surface area contributed by atoms with E-state index in [1.165, 1.54) is 17.0 Å². The molecule has 0 N–H and O–H groups in total. The van der Waals surface area contributed by atoms with Crippen molar-refractivity contribution in [2.24, 2.45) is 7.05 Å². The summed E-state index contributed by atoms with van der Waals surface area (Å²) in [7, 11) is 3.40. The zero-order chi connectivity index (χ0) is 22.7. The van der Waals surface area contributed by atoms with Gasteiger partial charge in [0.25, 0.3) is 5.56 Å². The lowest BCUT2D eigenvalue weighted by atomic mass is 9.93. The summed E-state index contributed by atoms with van der Waals surface area (Å²) in [6.45, 7) is 7.35. The molecule has 0 unspecified atom stereocenters. The number of aromatic nitrogens is 1. The van der Waals surface area contributed by atoms with E-state index < -0.39 is 0 Å². The molecular weight excluding hydrogens is 391 g/mol. The number of carbonyl (C=O) groups excluding carboxylic acids is 1. The Balaban J connectivity index is 2.19. The van der Waals surface area contributed by atoms with Gasteiger partial charge < -0.3 is 9.47 Å². The second kappa shape index (κ2) is 9.13. The van der Waals surface area contributed by atoms with E-state index in [0.717, 1.165) is 22.3 Å². The van der Waals surface area contributed by atoms with Crippen molar-refractivity contribution < 1.29 is 9.18 Å². The molecule has 0 atom stereocenters. The van der Waals surface area contributed by atoms with E-state index in [9.17, 15) is 14.0 Å². The quantitative estimate of drug-likeness (QED) is 0.540. The van der Waals surface area contributed by atoms with Crippen molar-refractivity contribution in [1.82, 2.24) is 4.57 Å². The van der Waals surface area contributed by atoms with Crippen LogP contribution in [0.15, 0.2) is 66.1 Å². The van der Waals surface area contributed by atoms with Gasteiger partial charge in [-0.25, -0.2) is 4.39 Å². The first-order chi connectivity index (χ1) is 14.7. The summed E-state index contributed by atoms with van der Waals surface area (Å²) < 4.78 is 16.1. The number of hydrogen-bond acceptors (Lipinski definition) is 2. The standard InChI is InChI=1S/C26H27FN2O2/c1-6-18-13-21(16-28(4)26(18)31)23-15-22(29(5)25(30)7-2)11-10-19(23)14-20-9-8-17(3)12-24(20)27/h7-13,15-16H,2,6,14H2,1,3-5H3. The SMILES string of the molecule is C=CC(=O)N(C)c1ccc(Cc2ccc(C)cc2F)c(-c2cc(CC)c(=O)n(C)c2)c1. The first-order valence-electron chi connectivity index (χ1n) is 10.2. The normalized spacial score (nSPS) is 10.7. The van der Waals surface area contributed by atoms with Crippen molar-refractivity contribution in [2.75, 3.05) is 11.9 Å². The van der Waals surface area contributed by atoms with Crippen molar-refractivity contribution in [1.29, 1.82) is 0 Å². The molecule has 0 radical (unpaired) electrons. The van der Waals surface area contributed by atoms with Crippen molar-refractivity contribution in [3.8, 4) is 11.1 Å². The fourth-order valence-corrected chi connectivity index (χ4v) is 3.64. The van der Waals surface area contributed by atoms with Crippen LogP contribution in [0.4, 0.5) is 10.1 Å². The molecule has 1 heterocycles. The summed E-state index contributed by atoms with van der Waals surface area (Å²) in [5, 5.41) is 0. The van der Waals surface area contributed by atoms with E-state index in [1.54, 1.807) is 30.9 Å². The predicted octanol–water partition coefficient (Wildman–Crippen LogP) is 4.80.